The Morgan fingerprint density at radius 2 is 2.26 bits per heavy atom. The van der Waals surface area contributed by atoms with Crippen molar-refractivity contribution in [3.63, 3.8) is 0 Å². The van der Waals surface area contributed by atoms with E-state index in [-0.39, 0.29) is 23.5 Å². The van der Waals surface area contributed by atoms with Crippen LogP contribution in [0.5, 0.6) is 0 Å². The maximum atomic E-state index is 12.0. The number of anilines is 1. The van der Waals surface area contributed by atoms with Gasteiger partial charge in [-0.1, -0.05) is 11.6 Å². The Hall–Kier alpha value is -1.20. The van der Waals surface area contributed by atoms with Gasteiger partial charge in [0.2, 0.25) is 11.8 Å². The summed E-state index contributed by atoms with van der Waals surface area (Å²) in [4.78, 5) is 26.7. The Labute approximate surface area is 120 Å². The van der Waals surface area contributed by atoms with Crippen molar-refractivity contribution >= 4 is 40.9 Å². The minimum Gasteiger partial charge on any atom is -0.343 e. The Morgan fingerprint density at radius 3 is 2.95 bits per heavy atom. The third-order valence-electron chi connectivity index (χ3n) is 3.33. The van der Waals surface area contributed by atoms with E-state index < -0.39 is 0 Å². The Balaban J connectivity index is 1.72. The zero-order valence-electron chi connectivity index (χ0n) is 10.2. The average molecular weight is 297 g/mol. The molecule has 2 heterocycles. The fourth-order valence-electron chi connectivity index (χ4n) is 2.11. The van der Waals surface area contributed by atoms with Crippen molar-refractivity contribution < 1.29 is 9.59 Å². The van der Waals surface area contributed by atoms with Crippen LogP contribution in [0.1, 0.15) is 12.8 Å². The fraction of sp³-hybridized carbons (Fsp3) is 0.385. The topological polar surface area (TPSA) is 49.4 Å². The summed E-state index contributed by atoms with van der Waals surface area (Å²) in [7, 11) is 0. The average Bonchev–Trinajstić information content (AvgIpc) is 2.28. The Kier molecular flexibility index (Phi) is 3.41. The number of nitrogens with zero attached hydrogens (tertiary/aromatic N) is 1. The van der Waals surface area contributed by atoms with E-state index in [9.17, 15) is 9.59 Å². The van der Waals surface area contributed by atoms with E-state index in [1.54, 1.807) is 17.0 Å². The first kappa shape index (κ1) is 12.8. The van der Waals surface area contributed by atoms with E-state index in [4.69, 9.17) is 11.6 Å². The molecule has 2 aliphatic rings. The van der Waals surface area contributed by atoms with Crippen LogP contribution in [0, 0.1) is 0 Å². The van der Waals surface area contributed by atoms with Crippen LogP contribution in [0.2, 0.25) is 5.02 Å². The van der Waals surface area contributed by atoms with E-state index in [1.165, 1.54) is 11.8 Å². The molecule has 2 aliphatic heterocycles. The van der Waals surface area contributed by atoms with Gasteiger partial charge in [0.05, 0.1) is 10.9 Å². The molecular weight excluding hydrogens is 284 g/mol. The lowest BCUT2D eigenvalue weighted by Crippen LogP contribution is -2.44. The summed E-state index contributed by atoms with van der Waals surface area (Å²) in [6, 6.07) is 5.40. The van der Waals surface area contributed by atoms with Crippen LogP contribution in [0.4, 0.5) is 5.69 Å². The normalized spacial score (nSPS) is 21.4. The summed E-state index contributed by atoms with van der Waals surface area (Å²) in [5, 5.41) is 3.06. The van der Waals surface area contributed by atoms with E-state index in [2.05, 4.69) is 5.32 Å². The molecule has 3 rings (SSSR count). The number of amides is 2. The van der Waals surface area contributed by atoms with Crippen molar-refractivity contribution in [1.82, 2.24) is 4.90 Å². The van der Waals surface area contributed by atoms with E-state index in [0.717, 1.165) is 30.1 Å². The molecule has 0 saturated carbocycles. The summed E-state index contributed by atoms with van der Waals surface area (Å²) >= 11 is 7.33. The standard InChI is InChI=1S/C13H13ClN2O2S/c14-8-2-3-10-9(6-8)15-13(18)11(19-10)7-12(17)16-4-1-5-16/h2-3,6,11H,1,4-5,7H2,(H,15,18). The lowest BCUT2D eigenvalue weighted by molar-refractivity contribution is -0.135. The first-order chi connectivity index (χ1) is 9.13. The van der Waals surface area contributed by atoms with Crippen LogP contribution in [0.15, 0.2) is 23.1 Å². The van der Waals surface area contributed by atoms with E-state index in [0.29, 0.717) is 5.02 Å². The highest BCUT2D eigenvalue weighted by Gasteiger charge is 2.31. The first-order valence-electron chi connectivity index (χ1n) is 6.18. The number of carbonyl (C=O) groups excluding carboxylic acids is 2. The molecule has 6 heteroatoms. The van der Waals surface area contributed by atoms with Gasteiger partial charge < -0.3 is 10.2 Å². The van der Waals surface area contributed by atoms with Crippen LogP contribution >= 0.6 is 23.4 Å². The largest absolute Gasteiger partial charge is 0.343 e. The number of hydrogen-bond acceptors (Lipinski definition) is 3. The highest BCUT2D eigenvalue weighted by Crippen LogP contribution is 2.38. The summed E-state index contributed by atoms with van der Waals surface area (Å²) in [6.07, 6.45) is 1.33. The predicted octanol–water partition coefficient (Wildman–Crippen LogP) is 2.38. The smallest absolute Gasteiger partial charge is 0.238 e. The first-order valence-corrected chi connectivity index (χ1v) is 7.44. The molecule has 2 amide bonds. The highest BCUT2D eigenvalue weighted by atomic mass is 35.5. The van der Waals surface area contributed by atoms with Gasteiger partial charge in [-0.3, -0.25) is 9.59 Å². The molecule has 1 fully saturated rings. The van der Waals surface area contributed by atoms with Gasteiger partial charge in [0.25, 0.3) is 0 Å². The predicted molar refractivity (Wildman–Crippen MR) is 75.5 cm³/mol. The number of likely N-dealkylation sites (tertiary alicyclic amines) is 1. The molecule has 1 atom stereocenters. The van der Waals surface area contributed by atoms with Crippen LogP contribution in [-0.2, 0) is 9.59 Å². The number of rotatable bonds is 2. The van der Waals surface area contributed by atoms with Crippen molar-refractivity contribution in [2.75, 3.05) is 18.4 Å². The minimum atomic E-state index is -0.346. The Morgan fingerprint density at radius 1 is 1.47 bits per heavy atom. The summed E-state index contributed by atoms with van der Waals surface area (Å²) < 4.78 is 0. The molecular formula is C13H13ClN2O2S. The van der Waals surface area contributed by atoms with Crippen LogP contribution in [0.3, 0.4) is 0 Å². The maximum Gasteiger partial charge on any atom is 0.238 e. The van der Waals surface area contributed by atoms with Crippen LogP contribution < -0.4 is 5.32 Å². The molecule has 19 heavy (non-hydrogen) atoms. The summed E-state index contributed by atoms with van der Waals surface area (Å²) in [6.45, 7) is 1.65. The second kappa shape index (κ2) is 5.06. The third-order valence-corrected chi connectivity index (χ3v) is 4.84. The quantitative estimate of drug-likeness (QED) is 0.911. The molecule has 4 nitrogen and oxygen atoms in total. The molecule has 1 saturated heterocycles. The number of benzene rings is 1. The minimum absolute atomic E-state index is 0.0660. The number of hydrogen-bond donors (Lipinski definition) is 1. The Bertz CT molecular complexity index is 545. The molecule has 0 aliphatic carbocycles. The van der Waals surface area contributed by atoms with Crippen molar-refractivity contribution in [3.8, 4) is 0 Å². The molecule has 0 bridgehead atoms. The van der Waals surface area contributed by atoms with Crippen molar-refractivity contribution in [2.45, 2.75) is 23.0 Å². The zero-order valence-corrected chi connectivity index (χ0v) is 11.8. The van der Waals surface area contributed by atoms with Crippen molar-refractivity contribution in [3.05, 3.63) is 23.2 Å². The zero-order chi connectivity index (χ0) is 13.4. The van der Waals surface area contributed by atoms with Gasteiger partial charge in [0.15, 0.2) is 0 Å². The molecule has 100 valence electrons. The summed E-state index contributed by atoms with van der Waals surface area (Å²) in [5.41, 5.74) is 0.732. The van der Waals surface area contributed by atoms with Gasteiger partial charge in [-0.15, -0.1) is 11.8 Å². The number of halogens is 1. The van der Waals surface area contributed by atoms with E-state index in [1.807, 2.05) is 6.07 Å². The maximum absolute atomic E-state index is 12.0. The molecule has 1 aromatic rings. The second-order valence-corrected chi connectivity index (χ2v) is 6.36. The van der Waals surface area contributed by atoms with Crippen LogP contribution in [-0.4, -0.2) is 35.1 Å². The molecule has 0 radical (unpaired) electrons. The van der Waals surface area contributed by atoms with Gasteiger partial charge in [-0.05, 0) is 24.6 Å². The molecule has 1 N–H and O–H groups in total. The monoisotopic (exact) mass is 296 g/mol. The van der Waals surface area contributed by atoms with Gasteiger partial charge in [-0.2, -0.15) is 0 Å². The van der Waals surface area contributed by atoms with Gasteiger partial charge in [0.1, 0.15) is 0 Å². The van der Waals surface area contributed by atoms with Crippen molar-refractivity contribution in [1.29, 1.82) is 0 Å². The number of thioether (sulfide) groups is 1. The van der Waals surface area contributed by atoms with E-state index >= 15 is 0 Å². The second-order valence-electron chi connectivity index (χ2n) is 4.67. The summed E-state index contributed by atoms with van der Waals surface area (Å²) in [5.74, 6) is -0.0510. The fourth-order valence-corrected chi connectivity index (χ4v) is 3.36. The molecule has 1 aromatic carbocycles. The molecule has 0 aromatic heterocycles. The lowest BCUT2D eigenvalue weighted by Gasteiger charge is -2.32. The number of fused-ring (bicyclic) bond motifs is 1. The number of nitrogens with one attached hydrogen (secondary N) is 1. The SMILES string of the molecule is O=C1Nc2cc(Cl)ccc2SC1CC(=O)N1CCC1. The lowest BCUT2D eigenvalue weighted by atomic mass is 10.1. The van der Waals surface area contributed by atoms with Gasteiger partial charge >= 0.3 is 0 Å². The van der Waals surface area contributed by atoms with Gasteiger partial charge in [0, 0.05) is 29.4 Å². The van der Waals surface area contributed by atoms with Gasteiger partial charge in [-0.25, -0.2) is 0 Å². The highest BCUT2D eigenvalue weighted by molar-refractivity contribution is 8.01. The third kappa shape index (κ3) is 2.58. The van der Waals surface area contributed by atoms with Crippen molar-refractivity contribution in [2.24, 2.45) is 0 Å². The molecule has 0 spiro atoms. The van der Waals surface area contributed by atoms with Crippen LogP contribution in [0.25, 0.3) is 0 Å². The molecule has 1 unspecified atom stereocenters. The number of carbonyl (C=O) groups is 2.